The molecular weight excluding hydrogens is 576 g/mol. The third kappa shape index (κ3) is 5.19. The molecule has 0 saturated carbocycles. The van der Waals surface area contributed by atoms with Crippen LogP contribution in [0.1, 0.15) is 11.1 Å². The van der Waals surface area contributed by atoms with Crippen molar-refractivity contribution in [1.29, 1.82) is 0 Å². The molecule has 0 N–H and O–H groups in total. The minimum absolute atomic E-state index is 0.0782. The van der Waals surface area contributed by atoms with Gasteiger partial charge in [0.05, 0.1) is 27.2 Å². The van der Waals surface area contributed by atoms with Crippen molar-refractivity contribution in [2.45, 2.75) is 6.61 Å². The van der Waals surface area contributed by atoms with Crippen LogP contribution in [0.5, 0.6) is 5.75 Å². The maximum Gasteiger partial charge on any atom is 0.282 e. The van der Waals surface area contributed by atoms with Crippen molar-refractivity contribution in [3.05, 3.63) is 127 Å². The lowest BCUT2D eigenvalue weighted by Gasteiger charge is -2.11. The van der Waals surface area contributed by atoms with Crippen LogP contribution >= 0.6 is 34.8 Å². The predicted molar refractivity (Wildman–Crippen MR) is 156 cm³/mol. The molecular formula is C30H17Cl3FN3O3. The number of hydrogen-bond donors (Lipinski definition) is 0. The zero-order valence-corrected chi connectivity index (χ0v) is 22.7. The lowest BCUT2D eigenvalue weighted by molar-refractivity contribution is 0.306. The van der Waals surface area contributed by atoms with Crippen molar-refractivity contribution in [1.82, 2.24) is 9.66 Å². The summed E-state index contributed by atoms with van der Waals surface area (Å²) in [6.45, 7) is 0.0782. The number of rotatable bonds is 6. The zero-order chi connectivity index (χ0) is 27.8. The highest BCUT2D eigenvalue weighted by atomic mass is 35.5. The van der Waals surface area contributed by atoms with Crippen LogP contribution in [0.15, 0.2) is 99.2 Å². The third-order valence-electron chi connectivity index (χ3n) is 6.07. The number of ether oxygens (including phenoxy) is 1. The number of fused-ring (bicyclic) bond motifs is 2. The molecule has 198 valence electrons. The van der Waals surface area contributed by atoms with Crippen LogP contribution in [-0.4, -0.2) is 15.9 Å². The van der Waals surface area contributed by atoms with Crippen molar-refractivity contribution in [3.63, 3.8) is 0 Å². The summed E-state index contributed by atoms with van der Waals surface area (Å²) in [5.74, 6) is 0.430. The zero-order valence-electron chi connectivity index (χ0n) is 20.4. The van der Waals surface area contributed by atoms with Crippen molar-refractivity contribution < 1.29 is 13.5 Å². The maximum absolute atomic E-state index is 13.5. The van der Waals surface area contributed by atoms with E-state index in [9.17, 15) is 9.18 Å². The minimum atomic E-state index is -0.387. The molecule has 0 amide bonds. The number of nitrogens with zero attached hydrogens (tertiary/aromatic N) is 3. The molecule has 0 radical (unpaired) electrons. The Morgan fingerprint density at radius 3 is 2.55 bits per heavy atom. The fraction of sp³-hybridized carbons (Fsp3) is 0.0333. The first kappa shape index (κ1) is 26.1. The highest BCUT2D eigenvalue weighted by Gasteiger charge is 2.17. The number of hydrogen-bond acceptors (Lipinski definition) is 5. The average molecular weight is 593 g/mol. The first-order chi connectivity index (χ1) is 19.4. The molecule has 0 unspecified atom stereocenters. The standard InChI is InChI=1S/C30H17Cl3FN3O3/c31-20-8-9-26-19(13-20)14-27(40-26)29-36-25-7-2-1-6-22(25)30(38)37(29)35-15-18-11-23(32)28(24(33)12-18)39-16-17-4-3-5-21(34)10-17/h1-15H,16H2. The Bertz CT molecular complexity index is 1980. The van der Waals surface area contributed by atoms with Gasteiger partial charge in [-0.3, -0.25) is 4.79 Å². The molecule has 0 bridgehead atoms. The van der Waals surface area contributed by atoms with Gasteiger partial charge >= 0.3 is 0 Å². The van der Waals surface area contributed by atoms with Gasteiger partial charge in [-0.15, -0.1) is 0 Å². The smallest absolute Gasteiger partial charge is 0.282 e. The number of para-hydroxylation sites is 1. The summed E-state index contributed by atoms with van der Waals surface area (Å²) in [6.07, 6.45) is 1.44. The van der Waals surface area contributed by atoms with E-state index in [1.807, 2.05) is 0 Å². The van der Waals surface area contributed by atoms with Gasteiger partial charge in [-0.1, -0.05) is 59.1 Å². The molecule has 6 rings (SSSR count). The van der Waals surface area contributed by atoms with Gasteiger partial charge in [-0.2, -0.15) is 9.78 Å². The average Bonchev–Trinajstić information content (AvgIpc) is 3.35. The molecule has 6 nitrogen and oxygen atoms in total. The molecule has 0 saturated heterocycles. The molecule has 0 atom stereocenters. The minimum Gasteiger partial charge on any atom is -0.486 e. The molecule has 0 aliphatic carbocycles. The SMILES string of the molecule is O=c1c2ccccc2nc(-c2cc3cc(Cl)ccc3o2)n1N=Cc1cc(Cl)c(OCc2cccc(F)c2)c(Cl)c1. The van der Waals surface area contributed by atoms with E-state index in [2.05, 4.69) is 10.1 Å². The summed E-state index contributed by atoms with van der Waals surface area (Å²) in [5.41, 5.74) is 1.84. The maximum atomic E-state index is 13.5. The molecule has 6 aromatic rings. The quantitative estimate of drug-likeness (QED) is 0.182. The van der Waals surface area contributed by atoms with E-state index in [1.165, 1.54) is 18.3 Å². The van der Waals surface area contributed by atoms with Crippen LogP contribution in [0.4, 0.5) is 4.39 Å². The molecule has 4 aromatic carbocycles. The van der Waals surface area contributed by atoms with E-state index in [1.54, 1.807) is 72.8 Å². The monoisotopic (exact) mass is 591 g/mol. The Labute approximate surface area is 241 Å². The van der Waals surface area contributed by atoms with Crippen molar-refractivity contribution in [3.8, 4) is 17.3 Å². The van der Waals surface area contributed by atoms with Crippen LogP contribution < -0.4 is 10.3 Å². The van der Waals surface area contributed by atoms with Gasteiger partial charge in [0.25, 0.3) is 5.56 Å². The molecule has 2 heterocycles. The number of benzene rings is 4. The van der Waals surface area contributed by atoms with Gasteiger partial charge in [0, 0.05) is 10.4 Å². The summed E-state index contributed by atoms with van der Waals surface area (Å²) in [6, 6.07) is 23.2. The van der Waals surface area contributed by atoms with Crippen LogP contribution in [0.3, 0.4) is 0 Å². The second-order valence-electron chi connectivity index (χ2n) is 8.84. The lowest BCUT2D eigenvalue weighted by atomic mass is 10.2. The topological polar surface area (TPSA) is 69.6 Å². The van der Waals surface area contributed by atoms with E-state index in [0.717, 1.165) is 10.1 Å². The van der Waals surface area contributed by atoms with E-state index < -0.39 is 0 Å². The molecule has 0 aliphatic heterocycles. The van der Waals surface area contributed by atoms with Gasteiger partial charge in [0.15, 0.2) is 11.5 Å². The molecule has 10 heteroatoms. The normalized spacial score (nSPS) is 11.6. The molecule has 0 aliphatic rings. The molecule has 40 heavy (non-hydrogen) atoms. The summed E-state index contributed by atoms with van der Waals surface area (Å²) in [4.78, 5) is 18.2. The Morgan fingerprint density at radius 2 is 1.75 bits per heavy atom. The van der Waals surface area contributed by atoms with Gasteiger partial charge in [0.2, 0.25) is 5.82 Å². The van der Waals surface area contributed by atoms with E-state index in [-0.39, 0.29) is 39.6 Å². The third-order valence-corrected chi connectivity index (χ3v) is 6.86. The summed E-state index contributed by atoms with van der Waals surface area (Å²) in [7, 11) is 0. The van der Waals surface area contributed by atoms with Gasteiger partial charge in [-0.25, -0.2) is 9.37 Å². The van der Waals surface area contributed by atoms with E-state index in [0.29, 0.717) is 38.4 Å². The highest BCUT2D eigenvalue weighted by Crippen LogP contribution is 2.35. The second kappa shape index (κ2) is 10.8. The first-order valence-corrected chi connectivity index (χ1v) is 13.1. The van der Waals surface area contributed by atoms with Crippen LogP contribution in [-0.2, 0) is 6.61 Å². The summed E-state index contributed by atoms with van der Waals surface area (Å²) < 4.78 is 26.4. The van der Waals surface area contributed by atoms with Crippen LogP contribution in [0, 0.1) is 5.82 Å². The Kier molecular flexibility index (Phi) is 7.02. The van der Waals surface area contributed by atoms with E-state index >= 15 is 0 Å². The molecule has 2 aromatic heterocycles. The van der Waals surface area contributed by atoms with Crippen molar-refractivity contribution >= 4 is 62.9 Å². The Hall–Kier alpha value is -4.17. The fourth-order valence-corrected chi connectivity index (χ4v) is 5.01. The van der Waals surface area contributed by atoms with Crippen LogP contribution in [0.2, 0.25) is 15.1 Å². The fourth-order valence-electron chi connectivity index (χ4n) is 4.21. The van der Waals surface area contributed by atoms with Gasteiger partial charge in [-0.05, 0) is 71.8 Å². The molecule has 0 spiro atoms. The summed E-state index contributed by atoms with van der Waals surface area (Å²) in [5, 5.41) is 6.59. The highest BCUT2D eigenvalue weighted by molar-refractivity contribution is 6.37. The Morgan fingerprint density at radius 1 is 0.950 bits per heavy atom. The van der Waals surface area contributed by atoms with Gasteiger partial charge < -0.3 is 9.15 Å². The number of aromatic nitrogens is 2. The molecule has 0 fully saturated rings. The van der Waals surface area contributed by atoms with Gasteiger partial charge in [0.1, 0.15) is 18.0 Å². The van der Waals surface area contributed by atoms with Crippen molar-refractivity contribution in [2.24, 2.45) is 5.10 Å². The summed E-state index contributed by atoms with van der Waals surface area (Å²) >= 11 is 19.1. The Balaban J connectivity index is 1.38. The number of halogens is 4. The lowest BCUT2D eigenvalue weighted by Crippen LogP contribution is -2.20. The largest absolute Gasteiger partial charge is 0.486 e. The first-order valence-electron chi connectivity index (χ1n) is 12.0. The predicted octanol–water partition coefficient (Wildman–Crippen LogP) is 8.37. The second-order valence-corrected chi connectivity index (χ2v) is 10.1. The number of furan rings is 1. The van der Waals surface area contributed by atoms with Crippen molar-refractivity contribution in [2.75, 3.05) is 0 Å². The van der Waals surface area contributed by atoms with E-state index in [4.69, 9.17) is 44.0 Å². The van der Waals surface area contributed by atoms with Crippen LogP contribution in [0.25, 0.3) is 33.5 Å².